The van der Waals surface area contributed by atoms with Crippen molar-refractivity contribution < 1.29 is 17.6 Å². The second-order valence-corrected chi connectivity index (χ2v) is 7.81. The standard InChI is InChI=1S/C18H16FN3O3S/c19-12-5-3-6-13(11-12)20-18(23)15-8-4-10-22(15)17-14-7-1-2-9-16(14)26(24,25)21-17/h1-3,5-7,9,11,15H,4,8,10H2,(H,20,23)/t15-/m0/s1. The number of carbonyl (C=O) groups excluding carboxylic acids is 1. The molecule has 6 nitrogen and oxygen atoms in total. The number of fused-ring (bicyclic) bond motifs is 1. The Hall–Kier alpha value is -2.74. The molecule has 2 aliphatic rings. The number of hydrogen-bond acceptors (Lipinski definition) is 4. The molecule has 1 atom stereocenters. The Balaban J connectivity index is 1.63. The number of rotatable bonds is 2. The highest BCUT2D eigenvalue weighted by Gasteiger charge is 2.39. The third-order valence-electron chi connectivity index (χ3n) is 4.53. The van der Waals surface area contributed by atoms with E-state index in [1.807, 2.05) is 0 Å². The normalized spacial score (nSPS) is 20.6. The van der Waals surface area contributed by atoms with E-state index in [2.05, 4.69) is 9.71 Å². The number of anilines is 1. The zero-order valence-electron chi connectivity index (χ0n) is 13.7. The van der Waals surface area contributed by atoms with E-state index in [1.165, 1.54) is 24.3 Å². The molecule has 4 rings (SSSR count). The minimum atomic E-state index is -3.74. The van der Waals surface area contributed by atoms with Crippen LogP contribution in [0.25, 0.3) is 0 Å². The first-order chi connectivity index (χ1) is 12.5. The Kier molecular flexibility index (Phi) is 3.99. The maximum atomic E-state index is 13.3. The molecule has 1 saturated heterocycles. The predicted molar refractivity (Wildman–Crippen MR) is 94.9 cm³/mol. The summed E-state index contributed by atoms with van der Waals surface area (Å²) in [6, 6.07) is 11.7. The number of likely N-dealkylation sites (tertiary alicyclic amines) is 1. The second-order valence-electron chi connectivity index (χ2n) is 6.24. The first-order valence-electron chi connectivity index (χ1n) is 8.23. The number of hydrogen-bond donors (Lipinski definition) is 1. The monoisotopic (exact) mass is 373 g/mol. The molecule has 2 aliphatic heterocycles. The van der Waals surface area contributed by atoms with Crippen LogP contribution in [-0.4, -0.2) is 37.6 Å². The van der Waals surface area contributed by atoms with Crippen LogP contribution in [0.2, 0.25) is 0 Å². The van der Waals surface area contributed by atoms with Gasteiger partial charge in [-0.05, 0) is 43.2 Å². The summed E-state index contributed by atoms with van der Waals surface area (Å²) in [6.07, 6.45) is 1.31. The van der Waals surface area contributed by atoms with E-state index < -0.39 is 21.9 Å². The number of nitrogens with zero attached hydrogens (tertiary/aromatic N) is 2. The molecule has 0 aliphatic carbocycles. The summed E-state index contributed by atoms with van der Waals surface area (Å²) in [5, 5.41) is 2.70. The molecular weight excluding hydrogens is 357 g/mol. The molecule has 0 saturated carbocycles. The Morgan fingerprint density at radius 3 is 2.81 bits per heavy atom. The smallest absolute Gasteiger partial charge is 0.285 e. The van der Waals surface area contributed by atoms with Gasteiger partial charge in [0, 0.05) is 17.8 Å². The van der Waals surface area contributed by atoms with E-state index in [0.717, 1.165) is 6.42 Å². The van der Waals surface area contributed by atoms with Gasteiger partial charge < -0.3 is 10.2 Å². The largest absolute Gasteiger partial charge is 0.343 e. The van der Waals surface area contributed by atoms with Gasteiger partial charge >= 0.3 is 0 Å². The number of sulfonamides is 1. The molecule has 0 unspecified atom stereocenters. The SMILES string of the molecule is O=C(Nc1cccc(F)c1)[C@@H]1CCCN1C1=NS(=O)(=O)c2ccccc21. The molecule has 2 aromatic carbocycles. The molecule has 1 N–H and O–H groups in total. The molecule has 0 spiro atoms. The second kappa shape index (κ2) is 6.21. The van der Waals surface area contributed by atoms with E-state index in [0.29, 0.717) is 30.1 Å². The number of nitrogens with one attached hydrogen (secondary N) is 1. The fraction of sp³-hybridized carbons (Fsp3) is 0.222. The first-order valence-corrected chi connectivity index (χ1v) is 9.67. The van der Waals surface area contributed by atoms with E-state index >= 15 is 0 Å². The highest BCUT2D eigenvalue weighted by atomic mass is 32.2. The summed E-state index contributed by atoms with van der Waals surface area (Å²) in [4.78, 5) is 14.6. The van der Waals surface area contributed by atoms with Crippen molar-refractivity contribution in [2.75, 3.05) is 11.9 Å². The number of amides is 1. The molecular formula is C18H16FN3O3S. The van der Waals surface area contributed by atoms with Crippen molar-refractivity contribution in [3.63, 3.8) is 0 Å². The Morgan fingerprint density at radius 1 is 1.19 bits per heavy atom. The number of halogens is 1. The summed E-state index contributed by atoms with van der Waals surface area (Å²) in [7, 11) is -3.74. The number of carbonyl (C=O) groups is 1. The van der Waals surface area contributed by atoms with Gasteiger partial charge in [-0.2, -0.15) is 8.42 Å². The lowest BCUT2D eigenvalue weighted by molar-refractivity contribution is -0.119. The lowest BCUT2D eigenvalue weighted by Gasteiger charge is -2.25. The summed E-state index contributed by atoms with van der Waals surface area (Å²) in [5.74, 6) is -0.443. The predicted octanol–water partition coefficient (Wildman–Crippen LogP) is 2.38. The van der Waals surface area contributed by atoms with Crippen LogP contribution in [0.4, 0.5) is 10.1 Å². The van der Waals surface area contributed by atoms with Gasteiger partial charge in [-0.3, -0.25) is 4.79 Å². The molecule has 2 aromatic rings. The van der Waals surface area contributed by atoms with Crippen LogP contribution in [0.1, 0.15) is 18.4 Å². The van der Waals surface area contributed by atoms with Crippen molar-refractivity contribution in [1.29, 1.82) is 0 Å². The highest BCUT2D eigenvalue weighted by molar-refractivity contribution is 7.90. The maximum absolute atomic E-state index is 13.3. The molecule has 8 heteroatoms. The third kappa shape index (κ3) is 2.86. The first kappa shape index (κ1) is 16.7. The van der Waals surface area contributed by atoms with E-state index in [9.17, 15) is 17.6 Å². The Morgan fingerprint density at radius 2 is 2.00 bits per heavy atom. The fourth-order valence-electron chi connectivity index (χ4n) is 3.38. The topological polar surface area (TPSA) is 78.8 Å². The molecule has 0 aromatic heterocycles. The van der Waals surface area contributed by atoms with Crippen LogP contribution in [-0.2, 0) is 14.8 Å². The third-order valence-corrected chi connectivity index (χ3v) is 5.86. The molecule has 0 radical (unpaired) electrons. The van der Waals surface area contributed by atoms with Crippen LogP contribution < -0.4 is 5.32 Å². The van der Waals surface area contributed by atoms with Gasteiger partial charge in [0.2, 0.25) is 5.91 Å². The average Bonchev–Trinajstić information content (AvgIpc) is 3.18. The van der Waals surface area contributed by atoms with Crippen molar-refractivity contribution >= 4 is 27.5 Å². The zero-order chi connectivity index (χ0) is 18.3. The van der Waals surface area contributed by atoms with E-state index in [4.69, 9.17) is 0 Å². The van der Waals surface area contributed by atoms with Gasteiger partial charge in [0.05, 0.1) is 0 Å². The van der Waals surface area contributed by atoms with Gasteiger partial charge in [-0.1, -0.05) is 18.2 Å². The van der Waals surface area contributed by atoms with Crippen LogP contribution in [0, 0.1) is 5.82 Å². The lowest BCUT2D eigenvalue weighted by atomic mass is 10.1. The van der Waals surface area contributed by atoms with E-state index in [1.54, 1.807) is 29.2 Å². The quantitative estimate of drug-likeness (QED) is 0.877. The summed E-state index contributed by atoms with van der Waals surface area (Å²) < 4.78 is 41.8. The van der Waals surface area contributed by atoms with Crippen LogP contribution >= 0.6 is 0 Å². The van der Waals surface area contributed by atoms with Crippen LogP contribution in [0.15, 0.2) is 57.8 Å². The van der Waals surface area contributed by atoms with Gasteiger partial charge in [-0.25, -0.2) is 4.39 Å². The number of benzene rings is 2. The lowest BCUT2D eigenvalue weighted by Crippen LogP contribution is -2.43. The van der Waals surface area contributed by atoms with Crippen LogP contribution in [0.3, 0.4) is 0 Å². The van der Waals surface area contributed by atoms with Gasteiger partial charge in [-0.15, -0.1) is 4.40 Å². The highest BCUT2D eigenvalue weighted by Crippen LogP contribution is 2.31. The van der Waals surface area contributed by atoms with Gasteiger partial charge in [0.1, 0.15) is 16.8 Å². The zero-order valence-corrected chi connectivity index (χ0v) is 14.5. The Bertz CT molecular complexity index is 1020. The fourth-order valence-corrected chi connectivity index (χ4v) is 4.60. The summed E-state index contributed by atoms with van der Waals surface area (Å²) in [6.45, 7) is 0.532. The van der Waals surface area contributed by atoms with Crippen molar-refractivity contribution in [2.45, 2.75) is 23.8 Å². The van der Waals surface area contributed by atoms with Gasteiger partial charge in [0.15, 0.2) is 5.84 Å². The van der Waals surface area contributed by atoms with Crippen LogP contribution in [0.5, 0.6) is 0 Å². The maximum Gasteiger partial charge on any atom is 0.285 e. The molecule has 134 valence electrons. The molecule has 1 amide bonds. The minimum absolute atomic E-state index is 0.159. The summed E-state index contributed by atoms with van der Waals surface area (Å²) in [5.41, 5.74) is 0.876. The molecule has 0 bridgehead atoms. The Labute approximate surface area is 150 Å². The van der Waals surface area contributed by atoms with Crippen molar-refractivity contribution in [1.82, 2.24) is 4.90 Å². The average molecular weight is 373 g/mol. The molecule has 2 heterocycles. The molecule has 1 fully saturated rings. The minimum Gasteiger partial charge on any atom is -0.343 e. The van der Waals surface area contributed by atoms with Crippen molar-refractivity contribution in [2.24, 2.45) is 4.40 Å². The van der Waals surface area contributed by atoms with Crippen molar-refractivity contribution in [3.8, 4) is 0 Å². The number of amidine groups is 1. The summed E-state index contributed by atoms with van der Waals surface area (Å²) >= 11 is 0. The molecule has 26 heavy (non-hydrogen) atoms. The van der Waals surface area contributed by atoms with Crippen molar-refractivity contribution in [3.05, 3.63) is 59.9 Å². The van der Waals surface area contributed by atoms with E-state index in [-0.39, 0.29) is 10.8 Å². The van der Waals surface area contributed by atoms with Gasteiger partial charge in [0.25, 0.3) is 10.0 Å².